The number of ether oxygens (including phenoxy) is 1. The number of aromatic nitrogens is 4. The van der Waals surface area contributed by atoms with Crippen molar-refractivity contribution in [3.63, 3.8) is 0 Å². The monoisotopic (exact) mass is 394 g/mol. The van der Waals surface area contributed by atoms with E-state index in [9.17, 15) is 4.79 Å². The molecule has 0 saturated carbocycles. The molecule has 0 radical (unpaired) electrons. The van der Waals surface area contributed by atoms with Crippen molar-refractivity contribution in [3.8, 4) is 11.6 Å². The van der Waals surface area contributed by atoms with Gasteiger partial charge in [-0.05, 0) is 18.2 Å². The maximum Gasteiger partial charge on any atom is 0.247 e. The summed E-state index contributed by atoms with van der Waals surface area (Å²) in [6, 6.07) is 8.97. The third-order valence-corrected chi connectivity index (χ3v) is 5.05. The van der Waals surface area contributed by atoms with Crippen molar-refractivity contribution < 1.29 is 9.53 Å². The van der Waals surface area contributed by atoms with Gasteiger partial charge in [0.1, 0.15) is 5.75 Å². The molecule has 9 heteroatoms. The summed E-state index contributed by atoms with van der Waals surface area (Å²) in [6.07, 6.45) is 3.91. The molecular formula is C19H18N6O2S. The van der Waals surface area contributed by atoms with E-state index in [1.165, 1.54) is 6.08 Å². The third kappa shape index (κ3) is 3.99. The first-order valence-electron chi connectivity index (χ1n) is 8.62. The molecule has 4 rings (SSSR count). The normalized spacial score (nSPS) is 12.3. The Hall–Kier alpha value is -3.33. The van der Waals surface area contributed by atoms with Crippen LogP contribution in [-0.2, 0) is 18.3 Å². The Morgan fingerprint density at radius 3 is 3.04 bits per heavy atom. The lowest BCUT2D eigenvalue weighted by molar-refractivity contribution is -0.111. The number of fused-ring (bicyclic) bond motifs is 1. The van der Waals surface area contributed by atoms with Crippen LogP contribution >= 0.6 is 11.8 Å². The van der Waals surface area contributed by atoms with Crippen molar-refractivity contribution in [2.24, 2.45) is 7.05 Å². The predicted molar refractivity (Wildman–Crippen MR) is 108 cm³/mol. The quantitative estimate of drug-likeness (QED) is 0.618. The Labute approximate surface area is 166 Å². The Balaban J connectivity index is 1.61. The van der Waals surface area contributed by atoms with Gasteiger partial charge in [-0.15, -0.1) is 11.8 Å². The molecule has 0 fully saturated rings. The van der Waals surface area contributed by atoms with E-state index in [2.05, 4.69) is 32.3 Å². The van der Waals surface area contributed by atoms with E-state index in [1.807, 2.05) is 25.4 Å². The summed E-state index contributed by atoms with van der Waals surface area (Å²) in [5.74, 6) is 2.80. The molecule has 0 atom stereocenters. The Morgan fingerprint density at radius 1 is 1.36 bits per heavy atom. The second-order valence-corrected chi connectivity index (χ2v) is 7.15. The number of hydrogen-bond acceptors (Lipinski definition) is 7. The molecule has 0 saturated heterocycles. The molecule has 1 aliphatic rings. The Kier molecular flexibility index (Phi) is 4.98. The molecule has 1 aliphatic heterocycles. The van der Waals surface area contributed by atoms with Gasteiger partial charge in [0.15, 0.2) is 5.82 Å². The fraction of sp³-hybridized carbons (Fsp3) is 0.158. The van der Waals surface area contributed by atoms with Crippen molar-refractivity contribution in [2.45, 2.75) is 11.3 Å². The van der Waals surface area contributed by atoms with Crippen molar-refractivity contribution in [1.82, 2.24) is 19.7 Å². The first kappa shape index (κ1) is 18.1. The molecule has 142 valence electrons. The van der Waals surface area contributed by atoms with E-state index in [0.717, 1.165) is 22.8 Å². The van der Waals surface area contributed by atoms with E-state index in [1.54, 1.807) is 34.6 Å². The van der Waals surface area contributed by atoms with Crippen LogP contribution in [0.2, 0.25) is 0 Å². The second-order valence-electron chi connectivity index (χ2n) is 6.05. The lowest BCUT2D eigenvalue weighted by Crippen LogP contribution is -2.07. The maximum absolute atomic E-state index is 11.5. The van der Waals surface area contributed by atoms with Crippen molar-refractivity contribution in [3.05, 3.63) is 54.9 Å². The predicted octanol–water partition coefficient (Wildman–Crippen LogP) is 3.52. The summed E-state index contributed by atoms with van der Waals surface area (Å²) in [5, 5.41) is 10.1. The highest BCUT2D eigenvalue weighted by atomic mass is 32.2. The third-order valence-electron chi connectivity index (χ3n) is 3.94. The summed E-state index contributed by atoms with van der Waals surface area (Å²) in [7, 11) is 1.85. The van der Waals surface area contributed by atoms with Crippen LogP contribution < -0.4 is 15.4 Å². The molecule has 8 nitrogen and oxygen atoms in total. The number of benzene rings is 1. The fourth-order valence-electron chi connectivity index (χ4n) is 2.70. The average Bonchev–Trinajstić information content (AvgIpc) is 3.31. The molecule has 28 heavy (non-hydrogen) atoms. The fourth-order valence-corrected chi connectivity index (χ4v) is 3.73. The zero-order chi connectivity index (χ0) is 19.5. The van der Waals surface area contributed by atoms with Gasteiger partial charge in [0.05, 0.1) is 10.6 Å². The smallest absolute Gasteiger partial charge is 0.247 e. The van der Waals surface area contributed by atoms with E-state index in [-0.39, 0.29) is 5.91 Å². The maximum atomic E-state index is 11.5. The summed E-state index contributed by atoms with van der Waals surface area (Å²) in [5.41, 5.74) is 1.57. The van der Waals surface area contributed by atoms with Crippen molar-refractivity contribution in [1.29, 1.82) is 0 Å². The first-order chi connectivity index (χ1) is 13.6. The van der Waals surface area contributed by atoms with Crippen LogP contribution in [0.4, 0.5) is 17.5 Å². The topological polar surface area (TPSA) is 94.0 Å². The number of nitrogens with zero attached hydrogens (tertiary/aromatic N) is 4. The minimum atomic E-state index is -0.280. The van der Waals surface area contributed by atoms with Gasteiger partial charge in [-0.25, -0.2) is 4.98 Å². The number of rotatable bonds is 6. The lowest BCUT2D eigenvalue weighted by atomic mass is 10.3. The molecule has 0 unspecified atom stereocenters. The van der Waals surface area contributed by atoms with E-state index < -0.39 is 0 Å². The molecule has 3 aromatic rings. The average molecular weight is 394 g/mol. The summed E-state index contributed by atoms with van der Waals surface area (Å²) in [6.45, 7) is 3.46. The van der Waals surface area contributed by atoms with Crippen LogP contribution in [0.25, 0.3) is 0 Å². The molecule has 1 amide bonds. The van der Waals surface area contributed by atoms with Gasteiger partial charge in [-0.3, -0.25) is 9.48 Å². The number of carbonyl (C=O) groups excluding carboxylic acids is 1. The van der Waals surface area contributed by atoms with Gasteiger partial charge >= 0.3 is 0 Å². The molecule has 0 bridgehead atoms. The van der Waals surface area contributed by atoms with Gasteiger partial charge in [0.2, 0.25) is 17.7 Å². The zero-order valence-corrected chi connectivity index (χ0v) is 16.0. The standard InChI is InChI=1S/C19H18N6O2S/c1-3-16(26)20-12-5-4-6-13(11-12)27-18-17-14(8-10-28-17)21-19(23-18)22-15-7-9-25(2)24-15/h3-7,9,11H,1,8,10H2,2H3,(H,20,26)(H,21,22,23,24). The Morgan fingerprint density at radius 2 is 2.25 bits per heavy atom. The minimum Gasteiger partial charge on any atom is -0.438 e. The molecule has 3 heterocycles. The minimum absolute atomic E-state index is 0.280. The molecule has 1 aromatic carbocycles. The molecule has 0 spiro atoms. The van der Waals surface area contributed by atoms with Crippen LogP contribution in [0.5, 0.6) is 11.6 Å². The number of amides is 1. The Bertz CT molecular complexity index is 1050. The molecule has 2 aromatic heterocycles. The number of thioether (sulfide) groups is 1. The van der Waals surface area contributed by atoms with Crippen LogP contribution in [0.1, 0.15) is 5.69 Å². The van der Waals surface area contributed by atoms with Crippen molar-refractivity contribution >= 4 is 35.1 Å². The van der Waals surface area contributed by atoms with Crippen LogP contribution in [0.15, 0.2) is 54.1 Å². The number of nitrogens with one attached hydrogen (secondary N) is 2. The van der Waals surface area contributed by atoms with Crippen molar-refractivity contribution in [2.75, 3.05) is 16.4 Å². The van der Waals surface area contributed by atoms with Gasteiger partial charge in [0, 0.05) is 43.2 Å². The lowest BCUT2D eigenvalue weighted by Gasteiger charge is -2.12. The van der Waals surface area contributed by atoms with E-state index in [0.29, 0.717) is 29.1 Å². The number of aryl methyl sites for hydroxylation is 2. The van der Waals surface area contributed by atoms with Crippen LogP contribution in [0.3, 0.4) is 0 Å². The highest BCUT2D eigenvalue weighted by Crippen LogP contribution is 2.39. The highest BCUT2D eigenvalue weighted by Gasteiger charge is 2.22. The van der Waals surface area contributed by atoms with Gasteiger partial charge < -0.3 is 15.4 Å². The highest BCUT2D eigenvalue weighted by molar-refractivity contribution is 7.99. The van der Waals surface area contributed by atoms with E-state index in [4.69, 9.17) is 4.74 Å². The number of hydrogen-bond donors (Lipinski definition) is 2. The summed E-state index contributed by atoms with van der Waals surface area (Å²) in [4.78, 5) is 21.6. The van der Waals surface area contributed by atoms with Gasteiger partial charge in [0.25, 0.3) is 0 Å². The molecular weight excluding hydrogens is 376 g/mol. The molecule has 2 N–H and O–H groups in total. The van der Waals surface area contributed by atoms with E-state index >= 15 is 0 Å². The van der Waals surface area contributed by atoms with Gasteiger partial charge in [-0.2, -0.15) is 10.1 Å². The molecule has 0 aliphatic carbocycles. The summed E-state index contributed by atoms with van der Waals surface area (Å²) >= 11 is 1.67. The zero-order valence-electron chi connectivity index (χ0n) is 15.2. The SMILES string of the molecule is C=CC(=O)Nc1cccc(Oc2nc(Nc3ccn(C)n3)nc3c2SCC3)c1. The largest absolute Gasteiger partial charge is 0.438 e. The number of carbonyl (C=O) groups is 1. The number of anilines is 3. The van der Waals surface area contributed by atoms with Gasteiger partial charge in [-0.1, -0.05) is 12.6 Å². The van der Waals surface area contributed by atoms with Crippen LogP contribution in [-0.4, -0.2) is 31.4 Å². The summed E-state index contributed by atoms with van der Waals surface area (Å²) < 4.78 is 7.75. The first-order valence-corrected chi connectivity index (χ1v) is 9.61. The second kappa shape index (κ2) is 7.73. The van der Waals surface area contributed by atoms with Crippen LogP contribution in [0, 0.1) is 0 Å².